The highest BCUT2D eigenvalue weighted by Gasteiger charge is 2.20. The van der Waals surface area contributed by atoms with Gasteiger partial charge in [0.25, 0.3) is 0 Å². The first-order valence-electron chi connectivity index (χ1n) is 6.58. The Balaban J connectivity index is 2.49. The summed E-state index contributed by atoms with van der Waals surface area (Å²) in [4.78, 5) is 30.1. The van der Waals surface area contributed by atoms with Crippen molar-refractivity contribution >= 4 is 33.4 Å². The van der Waals surface area contributed by atoms with Gasteiger partial charge in [0.05, 0.1) is 5.56 Å². The van der Waals surface area contributed by atoms with Crippen molar-refractivity contribution in [2.24, 2.45) is 0 Å². The molecule has 0 fully saturated rings. The Morgan fingerprint density at radius 1 is 1.24 bits per heavy atom. The number of hydrogen-bond acceptors (Lipinski definition) is 3. The lowest BCUT2D eigenvalue weighted by molar-refractivity contribution is -0.116. The van der Waals surface area contributed by atoms with Crippen molar-refractivity contribution in [3.63, 3.8) is 0 Å². The maximum Gasteiger partial charge on any atom is 0.225 e. The van der Waals surface area contributed by atoms with E-state index in [0.717, 1.165) is 4.47 Å². The van der Waals surface area contributed by atoms with Gasteiger partial charge in [-0.05, 0) is 31.2 Å². The quantitative estimate of drug-likeness (QED) is 0.796. The molecule has 1 aromatic heterocycles. The predicted octanol–water partition coefficient (Wildman–Crippen LogP) is 3.45. The lowest BCUT2D eigenvalue weighted by Gasteiger charge is -2.20. The first-order chi connectivity index (χ1) is 10.0. The lowest BCUT2D eigenvalue weighted by atomic mass is 10.0. The predicted molar refractivity (Wildman–Crippen MR) is 85.5 cm³/mol. The van der Waals surface area contributed by atoms with Crippen LogP contribution in [-0.4, -0.2) is 23.2 Å². The van der Waals surface area contributed by atoms with Crippen LogP contribution in [0.2, 0.25) is 0 Å². The largest absolute Gasteiger partial charge is 0.297 e. The number of halogens is 1. The second kappa shape index (κ2) is 6.63. The molecular weight excluding hydrogens is 332 g/mol. The summed E-state index contributed by atoms with van der Waals surface area (Å²) in [5, 5.41) is 0. The average Bonchev–Trinajstić information content (AvgIpc) is 2.47. The SMILES string of the molecule is CCN(C(C)=O)c1ncccc1C(=O)c1cccc(Br)c1. The highest BCUT2D eigenvalue weighted by atomic mass is 79.9. The van der Waals surface area contributed by atoms with Crippen LogP contribution < -0.4 is 4.90 Å². The molecule has 2 rings (SSSR count). The Labute approximate surface area is 131 Å². The van der Waals surface area contributed by atoms with Gasteiger partial charge in [0.1, 0.15) is 5.82 Å². The molecule has 0 N–H and O–H groups in total. The number of benzene rings is 1. The zero-order chi connectivity index (χ0) is 15.4. The molecule has 2 aromatic rings. The summed E-state index contributed by atoms with van der Waals surface area (Å²) in [6, 6.07) is 10.5. The Morgan fingerprint density at radius 2 is 2.00 bits per heavy atom. The van der Waals surface area contributed by atoms with Crippen molar-refractivity contribution in [1.82, 2.24) is 4.98 Å². The number of rotatable bonds is 4. The average molecular weight is 347 g/mol. The van der Waals surface area contributed by atoms with E-state index in [9.17, 15) is 9.59 Å². The molecule has 0 aliphatic rings. The van der Waals surface area contributed by atoms with Crippen molar-refractivity contribution in [1.29, 1.82) is 0 Å². The monoisotopic (exact) mass is 346 g/mol. The van der Waals surface area contributed by atoms with Crippen molar-refractivity contribution in [3.05, 3.63) is 58.2 Å². The normalized spacial score (nSPS) is 10.2. The number of aromatic nitrogens is 1. The van der Waals surface area contributed by atoms with E-state index in [1.165, 1.54) is 11.8 Å². The second-order valence-corrected chi connectivity index (χ2v) is 5.39. The fourth-order valence-corrected chi connectivity index (χ4v) is 2.50. The van der Waals surface area contributed by atoms with Crippen LogP contribution in [0.25, 0.3) is 0 Å². The van der Waals surface area contributed by atoms with E-state index >= 15 is 0 Å². The Hall–Kier alpha value is -2.01. The molecule has 0 aliphatic heterocycles. The molecule has 0 aliphatic carbocycles. The van der Waals surface area contributed by atoms with Gasteiger partial charge in [0.2, 0.25) is 5.91 Å². The maximum absolute atomic E-state index is 12.7. The summed E-state index contributed by atoms with van der Waals surface area (Å²) in [5.41, 5.74) is 0.978. The van der Waals surface area contributed by atoms with E-state index in [0.29, 0.717) is 23.5 Å². The third kappa shape index (κ3) is 3.36. The maximum atomic E-state index is 12.7. The van der Waals surface area contributed by atoms with E-state index in [1.54, 1.807) is 36.5 Å². The molecule has 108 valence electrons. The van der Waals surface area contributed by atoms with Gasteiger partial charge in [-0.2, -0.15) is 0 Å². The molecule has 21 heavy (non-hydrogen) atoms. The van der Waals surface area contributed by atoms with Crippen molar-refractivity contribution in [3.8, 4) is 0 Å². The third-order valence-electron chi connectivity index (χ3n) is 3.07. The zero-order valence-corrected chi connectivity index (χ0v) is 13.4. The van der Waals surface area contributed by atoms with E-state index in [-0.39, 0.29) is 11.7 Å². The summed E-state index contributed by atoms with van der Waals surface area (Å²) in [5.74, 6) is 0.107. The highest BCUT2D eigenvalue weighted by molar-refractivity contribution is 9.10. The molecule has 1 heterocycles. The molecular formula is C16H15BrN2O2. The fraction of sp³-hybridized carbons (Fsp3) is 0.188. The van der Waals surface area contributed by atoms with Gasteiger partial charge >= 0.3 is 0 Å². The topological polar surface area (TPSA) is 50.3 Å². The van der Waals surface area contributed by atoms with Gasteiger partial charge in [-0.25, -0.2) is 4.98 Å². The van der Waals surface area contributed by atoms with Crippen LogP contribution in [0.5, 0.6) is 0 Å². The third-order valence-corrected chi connectivity index (χ3v) is 3.56. The summed E-state index contributed by atoms with van der Waals surface area (Å²) in [6.07, 6.45) is 1.58. The number of anilines is 1. The van der Waals surface area contributed by atoms with E-state index < -0.39 is 0 Å². The second-order valence-electron chi connectivity index (χ2n) is 4.48. The molecule has 1 aromatic carbocycles. The minimum absolute atomic E-state index is 0.139. The molecule has 4 nitrogen and oxygen atoms in total. The molecule has 0 bridgehead atoms. The minimum atomic E-state index is -0.154. The smallest absolute Gasteiger partial charge is 0.225 e. The molecule has 0 atom stereocenters. The highest BCUT2D eigenvalue weighted by Crippen LogP contribution is 2.22. The first kappa shape index (κ1) is 15.4. The number of ketones is 1. The standard InChI is InChI=1S/C16H15BrN2O2/c1-3-19(11(2)20)16-14(8-5-9-18-16)15(21)12-6-4-7-13(17)10-12/h4-10H,3H2,1-2H3. The number of nitrogens with zero attached hydrogens (tertiary/aromatic N) is 2. The molecule has 0 spiro atoms. The number of carbonyl (C=O) groups is 2. The first-order valence-corrected chi connectivity index (χ1v) is 7.37. The van der Waals surface area contributed by atoms with Crippen molar-refractivity contribution in [2.45, 2.75) is 13.8 Å². The summed E-state index contributed by atoms with van der Waals surface area (Å²) < 4.78 is 0.831. The van der Waals surface area contributed by atoms with Crippen LogP contribution in [0.1, 0.15) is 29.8 Å². The Bertz CT molecular complexity index is 685. The van der Waals surface area contributed by atoms with Crippen LogP contribution in [0, 0.1) is 0 Å². The van der Waals surface area contributed by atoms with Crippen LogP contribution in [-0.2, 0) is 4.79 Å². The summed E-state index contributed by atoms with van der Waals surface area (Å²) >= 11 is 3.35. The van der Waals surface area contributed by atoms with E-state index in [1.807, 2.05) is 13.0 Å². The number of carbonyl (C=O) groups excluding carboxylic acids is 2. The molecule has 0 unspecified atom stereocenters. The lowest BCUT2D eigenvalue weighted by Crippen LogP contribution is -2.30. The van der Waals surface area contributed by atoms with Crippen LogP contribution in [0.15, 0.2) is 47.1 Å². The Morgan fingerprint density at radius 3 is 2.62 bits per heavy atom. The zero-order valence-electron chi connectivity index (χ0n) is 11.8. The van der Waals surface area contributed by atoms with Crippen LogP contribution >= 0.6 is 15.9 Å². The molecule has 0 saturated heterocycles. The number of pyridine rings is 1. The van der Waals surface area contributed by atoms with Gasteiger partial charge in [0, 0.05) is 29.7 Å². The van der Waals surface area contributed by atoms with E-state index in [4.69, 9.17) is 0 Å². The van der Waals surface area contributed by atoms with Gasteiger partial charge in [-0.1, -0.05) is 28.1 Å². The van der Waals surface area contributed by atoms with Crippen LogP contribution in [0.3, 0.4) is 0 Å². The van der Waals surface area contributed by atoms with Crippen LogP contribution in [0.4, 0.5) is 5.82 Å². The van der Waals surface area contributed by atoms with E-state index in [2.05, 4.69) is 20.9 Å². The summed E-state index contributed by atoms with van der Waals surface area (Å²) in [7, 11) is 0. The molecule has 0 saturated carbocycles. The van der Waals surface area contributed by atoms with Gasteiger partial charge in [0.15, 0.2) is 5.78 Å². The van der Waals surface area contributed by atoms with Gasteiger partial charge in [-0.15, -0.1) is 0 Å². The van der Waals surface area contributed by atoms with Gasteiger partial charge in [-0.3, -0.25) is 14.5 Å². The Kier molecular flexibility index (Phi) is 4.85. The summed E-state index contributed by atoms with van der Waals surface area (Å²) in [6.45, 7) is 3.78. The fourth-order valence-electron chi connectivity index (χ4n) is 2.10. The molecule has 5 heteroatoms. The number of hydrogen-bond donors (Lipinski definition) is 0. The minimum Gasteiger partial charge on any atom is -0.297 e. The van der Waals surface area contributed by atoms with Gasteiger partial charge < -0.3 is 0 Å². The van der Waals surface area contributed by atoms with Crippen molar-refractivity contribution < 1.29 is 9.59 Å². The number of amides is 1. The van der Waals surface area contributed by atoms with Crippen molar-refractivity contribution in [2.75, 3.05) is 11.4 Å². The molecule has 0 radical (unpaired) electrons. The molecule has 1 amide bonds.